The number of aliphatic hydroxyl groups excluding tert-OH is 1. The Balaban J connectivity index is 1.63. The Bertz CT molecular complexity index is 610. The molecule has 3 rings (SSSR count). The van der Waals surface area contributed by atoms with E-state index in [0.29, 0.717) is 6.42 Å². The fraction of sp³-hybridized carbons (Fsp3) is 0.400. The van der Waals surface area contributed by atoms with Gasteiger partial charge in [0, 0.05) is 6.42 Å². The highest BCUT2D eigenvalue weighted by Gasteiger charge is 2.22. The van der Waals surface area contributed by atoms with Crippen molar-refractivity contribution in [2.45, 2.75) is 31.4 Å². The smallest absolute Gasteiger partial charge is 0.119 e. The van der Waals surface area contributed by atoms with Crippen LogP contribution in [0.25, 0.3) is 0 Å². The van der Waals surface area contributed by atoms with Gasteiger partial charge < -0.3 is 15.2 Å². The molecule has 3 nitrogen and oxygen atoms in total. The van der Waals surface area contributed by atoms with Gasteiger partial charge in [-0.15, -0.1) is 0 Å². The Labute approximate surface area is 138 Å². The monoisotopic (exact) mass is 311 g/mol. The molecule has 2 unspecified atom stereocenters. The molecule has 3 heteroatoms. The predicted octanol–water partition coefficient (Wildman–Crippen LogP) is 3.34. The molecule has 2 aromatic rings. The van der Waals surface area contributed by atoms with Gasteiger partial charge in [0.2, 0.25) is 0 Å². The lowest BCUT2D eigenvalue weighted by Gasteiger charge is -2.23. The summed E-state index contributed by atoms with van der Waals surface area (Å²) in [7, 11) is 1.88. The summed E-state index contributed by atoms with van der Waals surface area (Å²) in [5.74, 6) is 1.65. The number of hydrogen-bond acceptors (Lipinski definition) is 3. The van der Waals surface area contributed by atoms with Crippen LogP contribution in [-0.2, 0) is 6.42 Å². The van der Waals surface area contributed by atoms with Crippen molar-refractivity contribution in [3.05, 3.63) is 65.7 Å². The van der Waals surface area contributed by atoms with Crippen LogP contribution in [0.1, 0.15) is 30.0 Å². The summed E-state index contributed by atoms with van der Waals surface area (Å²) in [6.07, 6.45) is 2.70. The Kier molecular flexibility index (Phi) is 5.31. The molecule has 0 saturated heterocycles. The number of rotatable bonds is 8. The quantitative estimate of drug-likeness (QED) is 0.785. The van der Waals surface area contributed by atoms with E-state index in [1.54, 1.807) is 0 Å². The van der Waals surface area contributed by atoms with Gasteiger partial charge in [0.1, 0.15) is 5.75 Å². The number of ether oxygens (including phenoxy) is 1. The maximum atomic E-state index is 10.6. The summed E-state index contributed by atoms with van der Waals surface area (Å²) < 4.78 is 5.83. The molecule has 0 aromatic heterocycles. The highest BCUT2D eigenvalue weighted by Crippen LogP contribution is 2.30. The van der Waals surface area contributed by atoms with Crippen LogP contribution in [0.15, 0.2) is 54.6 Å². The van der Waals surface area contributed by atoms with E-state index in [9.17, 15) is 5.11 Å². The topological polar surface area (TPSA) is 41.5 Å². The SMILES string of the molecule is CNC(c1ccccc1)C(O)Cc1cccc(OCC2CC2)c1. The van der Waals surface area contributed by atoms with E-state index in [1.807, 2.05) is 61.6 Å². The van der Waals surface area contributed by atoms with Crippen LogP contribution in [0.3, 0.4) is 0 Å². The lowest BCUT2D eigenvalue weighted by Crippen LogP contribution is -2.31. The zero-order valence-electron chi connectivity index (χ0n) is 13.6. The Morgan fingerprint density at radius 2 is 1.91 bits per heavy atom. The lowest BCUT2D eigenvalue weighted by molar-refractivity contribution is 0.131. The fourth-order valence-corrected chi connectivity index (χ4v) is 2.86. The van der Waals surface area contributed by atoms with Gasteiger partial charge in [-0.25, -0.2) is 0 Å². The summed E-state index contributed by atoms with van der Waals surface area (Å²) in [5.41, 5.74) is 2.20. The number of aliphatic hydroxyl groups is 1. The van der Waals surface area contributed by atoms with Crippen LogP contribution in [0.5, 0.6) is 5.75 Å². The van der Waals surface area contributed by atoms with Crippen LogP contribution in [0, 0.1) is 5.92 Å². The predicted molar refractivity (Wildman–Crippen MR) is 92.6 cm³/mol. The standard InChI is InChI=1S/C20H25NO2/c1-21-20(17-7-3-2-4-8-17)19(22)13-16-6-5-9-18(12-16)23-14-15-10-11-15/h2-9,12,15,19-22H,10-11,13-14H2,1H3. The van der Waals surface area contributed by atoms with Gasteiger partial charge in [-0.2, -0.15) is 0 Å². The molecule has 1 saturated carbocycles. The third-order valence-electron chi connectivity index (χ3n) is 4.38. The fourth-order valence-electron chi connectivity index (χ4n) is 2.86. The van der Waals surface area contributed by atoms with E-state index in [4.69, 9.17) is 4.74 Å². The second-order valence-electron chi connectivity index (χ2n) is 6.35. The van der Waals surface area contributed by atoms with E-state index >= 15 is 0 Å². The van der Waals surface area contributed by atoms with Crippen LogP contribution >= 0.6 is 0 Å². The number of hydrogen-bond donors (Lipinski definition) is 2. The summed E-state index contributed by atoms with van der Waals surface area (Å²) in [6, 6.07) is 18.1. The van der Waals surface area contributed by atoms with Crippen molar-refractivity contribution in [3.8, 4) is 5.75 Å². The van der Waals surface area contributed by atoms with E-state index in [0.717, 1.165) is 29.4 Å². The average Bonchev–Trinajstić information content (AvgIpc) is 3.39. The van der Waals surface area contributed by atoms with Gasteiger partial charge in [0.25, 0.3) is 0 Å². The molecule has 2 atom stereocenters. The van der Waals surface area contributed by atoms with E-state index < -0.39 is 6.10 Å². The van der Waals surface area contributed by atoms with Crippen molar-refractivity contribution in [1.82, 2.24) is 5.32 Å². The molecule has 1 aliphatic carbocycles. The normalized spacial score (nSPS) is 16.8. The second-order valence-corrected chi connectivity index (χ2v) is 6.35. The zero-order chi connectivity index (χ0) is 16.1. The first kappa shape index (κ1) is 16.0. The molecule has 0 aliphatic heterocycles. The number of likely N-dealkylation sites (N-methyl/N-ethyl adjacent to an activating group) is 1. The van der Waals surface area contributed by atoms with Crippen LogP contribution in [-0.4, -0.2) is 24.9 Å². The maximum Gasteiger partial charge on any atom is 0.119 e. The Morgan fingerprint density at radius 1 is 1.13 bits per heavy atom. The summed E-state index contributed by atoms with van der Waals surface area (Å²) in [5, 5.41) is 13.9. The highest BCUT2D eigenvalue weighted by atomic mass is 16.5. The molecule has 1 fully saturated rings. The largest absolute Gasteiger partial charge is 0.493 e. The molecular formula is C20H25NO2. The molecular weight excluding hydrogens is 286 g/mol. The van der Waals surface area contributed by atoms with Gasteiger partial charge in [0.15, 0.2) is 0 Å². The summed E-state index contributed by atoms with van der Waals surface area (Å²) in [4.78, 5) is 0. The van der Waals surface area contributed by atoms with E-state index in [2.05, 4.69) is 5.32 Å². The zero-order valence-corrected chi connectivity index (χ0v) is 13.6. The molecule has 0 bridgehead atoms. The summed E-state index contributed by atoms with van der Waals surface area (Å²) in [6.45, 7) is 0.815. The molecule has 122 valence electrons. The van der Waals surface area contributed by atoms with Crippen molar-refractivity contribution in [2.75, 3.05) is 13.7 Å². The van der Waals surface area contributed by atoms with Crippen molar-refractivity contribution < 1.29 is 9.84 Å². The van der Waals surface area contributed by atoms with Gasteiger partial charge in [-0.05, 0) is 49.1 Å². The van der Waals surface area contributed by atoms with Gasteiger partial charge in [-0.1, -0.05) is 42.5 Å². The maximum absolute atomic E-state index is 10.6. The molecule has 0 amide bonds. The second kappa shape index (κ2) is 7.62. The molecule has 2 N–H and O–H groups in total. The van der Waals surface area contributed by atoms with Crippen molar-refractivity contribution in [2.24, 2.45) is 5.92 Å². The van der Waals surface area contributed by atoms with E-state index in [-0.39, 0.29) is 6.04 Å². The van der Waals surface area contributed by atoms with Crippen molar-refractivity contribution >= 4 is 0 Å². The molecule has 23 heavy (non-hydrogen) atoms. The third-order valence-corrected chi connectivity index (χ3v) is 4.38. The minimum absolute atomic E-state index is 0.0766. The Hall–Kier alpha value is -1.84. The first-order valence-electron chi connectivity index (χ1n) is 8.38. The third kappa shape index (κ3) is 4.57. The van der Waals surface area contributed by atoms with Crippen molar-refractivity contribution in [3.63, 3.8) is 0 Å². The van der Waals surface area contributed by atoms with Crippen LogP contribution in [0.2, 0.25) is 0 Å². The minimum atomic E-state index is -0.485. The average molecular weight is 311 g/mol. The first-order chi connectivity index (χ1) is 11.3. The number of benzene rings is 2. The molecule has 0 radical (unpaired) electrons. The van der Waals surface area contributed by atoms with Crippen LogP contribution in [0.4, 0.5) is 0 Å². The summed E-state index contributed by atoms with van der Waals surface area (Å²) >= 11 is 0. The van der Waals surface area contributed by atoms with Crippen LogP contribution < -0.4 is 10.1 Å². The van der Waals surface area contributed by atoms with Crippen molar-refractivity contribution in [1.29, 1.82) is 0 Å². The van der Waals surface area contributed by atoms with Gasteiger partial charge >= 0.3 is 0 Å². The Morgan fingerprint density at radius 3 is 2.61 bits per heavy atom. The molecule has 2 aromatic carbocycles. The van der Waals surface area contributed by atoms with E-state index in [1.165, 1.54) is 12.8 Å². The van der Waals surface area contributed by atoms with Gasteiger partial charge in [-0.3, -0.25) is 0 Å². The highest BCUT2D eigenvalue weighted by molar-refractivity contribution is 5.30. The molecule has 0 heterocycles. The number of nitrogens with one attached hydrogen (secondary N) is 1. The van der Waals surface area contributed by atoms with Gasteiger partial charge in [0.05, 0.1) is 18.8 Å². The molecule has 0 spiro atoms. The minimum Gasteiger partial charge on any atom is -0.493 e. The molecule has 1 aliphatic rings. The lowest BCUT2D eigenvalue weighted by atomic mass is 9.96. The first-order valence-corrected chi connectivity index (χ1v) is 8.38.